The fourth-order valence-corrected chi connectivity index (χ4v) is 0.789. The van der Waals surface area contributed by atoms with Crippen LogP contribution < -0.4 is 47.8 Å². The second-order valence-electron chi connectivity index (χ2n) is 4.50. The summed E-state index contributed by atoms with van der Waals surface area (Å²) in [5.41, 5.74) is 14.2. The van der Waals surface area contributed by atoms with Gasteiger partial charge in [0.15, 0.2) is 0 Å². The van der Waals surface area contributed by atoms with E-state index >= 15 is 0 Å². The van der Waals surface area contributed by atoms with Crippen LogP contribution in [-0.4, -0.2) is 53.9 Å². The molecule has 0 saturated carbocycles. The van der Waals surface area contributed by atoms with Crippen molar-refractivity contribution in [3.05, 3.63) is 0 Å². The molecule has 0 aromatic heterocycles. The molecule has 0 rings (SSSR count). The first kappa shape index (κ1) is 37.5. The van der Waals surface area contributed by atoms with Crippen molar-refractivity contribution in [2.75, 3.05) is 0 Å². The maximum Gasteiger partial charge on any atom is 3.00 e. The van der Waals surface area contributed by atoms with Gasteiger partial charge in [-0.15, -0.1) is 0 Å². The van der Waals surface area contributed by atoms with Gasteiger partial charge in [-0.05, 0) is 0 Å². The molecule has 0 aromatic rings. The molecule has 2 radical (unpaired) electrons. The van der Waals surface area contributed by atoms with Crippen molar-refractivity contribution in [2.24, 2.45) is 17.2 Å². The molecule has 29 heavy (non-hydrogen) atoms. The van der Waals surface area contributed by atoms with E-state index in [2.05, 4.69) is 0 Å². The number of rotatable bonds is 9. The van der Waals surface area contributed by atoms with E-state index in [1.54, 1.807) is 0 Å². The largest absolute Gasteiger partial charge is 3.00 e. The van der Waals surface area contributed by atoms with E-state index in [9.17, 15) is 59.4 Å². The minimum absolute atomic E-state index is 0. The number of carboxylic acids is 6. The van der Waals surface area contributed by atoms with Crippen molar-refractivity contribution in [1.82, 2.24) is 0 Å². The summed E-state index contributed by atoms with van der Waals surface area (Å²) in [6.45, 7) is 0. The molecule has 0 fully saturated rings. The van der Waals surface area contributed by atoms with Crippen LogP contribution in [0.25, 0.3) is 0 Å². The number of nitrogens with two attached hydrogens (primary N) is 3. The second kappa shape index (κ2) is 20.5. The third kappa shape index (κ3) is 30.7. The Bertz CT molecular complexity index is 484. The van der Waals surface area contributed by atoms with Crippen LogP contribution in [0.4, 0.5) is 0 Å². The van der Waals surface area contributed by atoms with Crippen molar-refractivity contribution < 1.29 is 93.5 Å². The minimum Gasteiger partial charge on any atom is -0.550 e. The smallest absolute Gasteiger partial charge is 0.550 e. The van der Waals surface area contributed by atoms with E-state index in [4.69, 9.17) is 17.2 Å². The Morgan fingerprint density at radius 3 is 0.655 bits per heavy atom. The average molecular weight is 505 g/mol. The molecule has 0 heterocycles. The van der Waals surface area contributed by atoms with Crippen LogP contribution in [-0.2, 0) is 62.9 Å². The fraction of sp³-hybridized carbons (Fsp3) is 0.500. The normalized spacial score (nSPS) is 11.7. The van der Waals surface area contributed by atoms with E-state index in [1.807, 2.05) is 0 Å². The van der Waals surface area contributed by atoms with Gasteiger partial charge in [0.2, 0.25) is 0 Å². The van der Waals surface area contributed by atoms with Crippen molar-refractivity contribution in [1.29, 1.82) is 0 Å². The van der Waals surface area contributed by atoms with Crippen LogP contribution in [0.5, 0.6) is 0 Å². The summed E-state index contributed by atoms with van der Waals surface area (Å²) in [6.07, 6.45) is -2.12. The summed E-state index contributed by atoms with van der Waals surface area (Å²) in [6, 6.07) is -4.39. The molecule has 3 atom stereocenters. The number of aliphatic carboxylic acids is 6. The molecule has 0 amide bonds. The van der Waals surface area contributed by atoms with Gasteiger partial charge in [0, 0.05) is 55.3 Å². The van der Waals surface area contributed by atoms with Gasteiger partial charge >= 0.3 is 34.1 Å². The zero-order valence-corrected chi connectivity index (χ0v) is 16.4. The van der Waals surface area contributed by atoms with Gasteiger partial charge in [0.05, 0.1) is 17.9 Å². The van der Waals surface area contributed by atoms with Crippen molar-refractivity contribution in [2.45, 2.75) is 37.4 Å². The average Bonchev–Trinajstić information content (AvgIpc) is 2.46. The molecular weight excluding hydrogens is 490 g/mol. The number of carboxylic acid groups (broad SMARTS) is 6. The Morgan fingerprint density at radius 1 is 0.483 bits per heavy atom. The Hall–Kier alpha value is -2.26. The maximum absolute atomic E-state index is 9.71. The number of hydrogen-bond acceptors (Lipinski definition) is 15. The Morgan fingerprint density at radius 2 is 0.621 bits per heavy atom. The van der Waals surface area contributed by atoms with Crippen LogP contribution in [0, 0.1) is 0 Å². The van der Waals surface area contributed by atoms with Gasteiger partial charge in [0.25, 0.3) is 0 Å². The van der Waals surface area contributed by atoms with Gasteiger partial charge in [-0.3, -0.25) is 0 Å². The van der Waals surface area contributed by atoms with Crippen LogP contribution >= 0.6 is 0 Å². The number of hydrogen-bond donors (Lipinski definition) is 3. The molecule has 0 aliphatic heterocycles. The molecule has 166 valence electrons. The number of carbonyl (C=O) groups is 6. The van der Waals surface area contributed by atoms with E-state index in [0.717, 1.165) is 0 Å². The molecule has 15 nitrogen and oxygen atoms in total. The molecule has 0 aliphatic carbocycles. The van der Waals surface area contributed by atoms with Gasteiger partial charge in [-0.25, -0.2) is 0 Å². The van der Waals surface area contributed by atoms with E-state index in [-0.39, 0.29) is 34.1 Å². The maximum atomic E-state index is 9.71. The van der Waals surface area contributed by atoms with Gasteiger partial charge in [-0.1, -0.05) is 0 Å². The summed E-state index contributed by atoms with van der Waals surface area (Å²) in [5.74, 6) is -9.23. The van der Waals surface area contributed by atoms with Gasteiger partial charge < -0.3 is 76.6 Å². The third-order valence-corrected chi connectivity index (χ3v) is 2.07. The topological polar surface area (TPSA) is 319 Å². The summed E-state index contributed by atoms with van der Waals surface area (Å²) < 4.78 is 0. The molecular formula is C12H15Fe2N3O12. The summed E-state index contributed by atoms with van der Waals surface area (Å²) in [7, 11) is 0. The zero-order valence-electron chi connectivity index (χ0n) is 14.2. The Kier molecular flexibility index (Phi) is 26.5. The third-order valence-electron chi connectivity index (χ3n) is 2.07. The number of carbonyl (C=O) groups excluding carboxylic acids is 6. The summed E-state index contributed by atoms with van der Waals surface area (Å²) >= 11 is 0. The molecule has 0 aromatic carbocycles. The van der Waals surface area contributed by atoms with Crippen LogP contribution in [0.3, 0.4) is 0 Å². The van der Waals surface area contributed by atoms with E-state index < -0.39 is 73.2 Å². The Balaban J connectivity index is -0.0000000960. The molecule has 6 N–H and O–H groups in total. The first-order chi connectivity index (χ1) is 12.1. The van der Waals surface area contributed by atoms with Crippen molar-refractivity contribution in [3.63, 3.8) is 0 Å². The fourth-order valence-electron chi connectivity index (χ4n) is 0.789. The second-order valence-corrected chi connectivity index (χ2v) is 4.50. The van der Waals surface area contributed by atoms with Crippen LogP contribution in [0.15, 0.2) is 0 Å². The molecule has 0 aliphatic rings. The van der Waals surface area contributed by atoms with Crippen molar-refractivity contribution >= 4 is 35.8 Å². The summed E-state index contributed by atoms with van der Waals surface area (Å²) in [5, 5.41) is 58.0. The van der Waals surface area contributed by atoms with Crippen LogP contribution in [0.1, 0.15) is 19.3 Å². The molecule has 0 spiro atoms. The molecule has 17 heteroatoms. The Labute approximate surface area is 184 Å². The predicted molar refractivity (Wildman–Crippen MR) is 67.8 cm³/mol. The first-order valence-electron chi connectivity index (χ1n) is 6.60. The zero-order chi connectivity index (χ0) is 22.3. The van der Waals surface area contributed by atoms with Gasteiger partial charge in [-0.2, -0.15) is 0 Å². The SMILES string of the molecule is N[C@@H](CC(=O)[O-])C(=O)[O-].N[C@@H](CC(=O)[O-])C(=O)[O-].N[C@@H](CC(=O)[O-])C(=O)[O-].[Fe+3].[Fe+3]. The molecule has 0 bridgehead atoms. The van der Waals surface area contributed by atoms with Gasteiger partial charge in [0.1, 0.15) is 0 Å². The minimum atomic E-state index is -1.58. The quantitative estimate of drug-likeness (QED) is 0.245. The summed E-state index contributed by atoms with van der Waals surface area (Å²) in [4.78, 5) is 58.0. The molecule has 0 saturated heterocycles. The van der Waals surface area contributed by atoms with Crippen LogP contribution in [0.2, 0.25) is 0 Å². The van der Waals surface area contributed by atoms with E-state index in [1.165, 1.54) is 0 Å². The standard InChI is InChI=1S/3C4H7NO4.2Fe/c3*5-2(4(8)9)1-3(6)7;;/h3*2H,1,5H2,(H,6,7)(H,8,9);;/q;;;2*+3/p-6/t3*2-;;/m000../s1. The predicted octanol–water partition coefficient (Wildman–Crippen LogP) is -11.4. The van der Waals surface area contributed by atoms with E-state index in [0.29, 0.717) is 0 Å². The molecule has 0 unspecified atom stereocenters. The monoisotopic (exact) mass is 505 g/mol. The first-order valence-corrected chi connectivity index (χ1v) is 6.60. The van der Waals surface area contributed by atoms with Crippen molar-refractivity contribution in [3.8, 4) is 0 Å².